The number of nitrogens with one attached hydrogen (secondary N) is 1. The first-order chi connectivity index (χ1) is 13.6. The minimum atomic E-state index is -0.885. The average molecular weight is 377 g/mol. The summed E-state index contributed by atoms with van der Waals surface area (Å²) < 4.78 is 20.1. The Morgan fingerprint density at radius 2 is 2.18 bits per heavy atom. The molecule has 1 aliphatic carbocycles. The highest BCUT2D eigenvalue weighted by molar-refractivity contribution is 6.09. The predicted molar refractivity (Wildman–Crippen MR) is 99.9 cm³/mol. The van der Waals surface area contributed by atoms with Gasteiger partial charge in [-0.3, -0.25) is 4.79 Å². The summed E-state index contributed by atoms with van der Waals surface area (Å²) in [5, 5.41) is 11.0. The quantitative estimate of drug-likeness (QED) is 0.585. The lowest BCUT2D eigenvalue weighted by Gasteiger charge is -2.09. The van der Waals surface area contributed by atoms with Crippen LogP contribution in [0, 0.1) is 6.92 Å². The maximum atomic E-state index is 13.2. The molecule has 3 aromatic heterocycles. The van der Waals surface area contributed by atoms with Crippen LogP contribution < -0.4 is 5.32 Å². The Labute approximate surface area is 159 Å². The van der Waals surface area contributed by atoms with Gasteiger partial charge in [-0.1, -0.05) is 17.3 Å². The third-order valence-corrected chi connectivity index (χ3v) is 4.89. The van der Waals surface area contributed by atoms with Crippen LogP contribution in [0.1, 0.15) is 34.1 Å². The molecule has 0 radical (unpaired) electrons. The fourth-order valence-electron chi connectivity index (χ4n) is 3.12. The van der Waals surface area contributed by atoms with Crippen molar-refractivity contribution in [3.8, 4) is 11.5 Å². The lowest BCUT2D eigenvalue weighted by atomic mass is 10.1. The molecule has 1 N–H and O–H groups in total. The van der Waals surface area contributed by atoms with Crippen LogP contribution in [-0.2, 0) is 0 Å². The number of rotatable bonds is 4. The SMILES string of the molecule is Cc1ccc(-c2nc([C@H]3C[C@@H]3F)no2)cc1NC(=O)c1cnn2ccccc12. The molecule has 2 atom stereocenters. The maximum Gasteiger partial charge on any atom is 0.259 e. The number of anilines is 1. The van der Waals surface area contributed by atoms with Gasteiger partial charge in [-0.15, -0.1) is 0 Å². The Bertz CT molecular complexity index is 1200. The topological polar surface area (TPSA) is 85.3 Å². The fourth-order valence-corrected chi connectivity index (χ4v) is 3.12. The molecular weight excluding hydrogens is 361 g/mol. The molecule has 0 saturated heterocycles. The highest BCUT2D eigenvalue weighted by atomic mass is 19.1. The van der Waals surface area contributed by atoms with Crippen LogP contribution in [0.2, 0.25) is 0 Å². The molecule has 0 unspecified atom stereocenters. The zero-order valence-corrected chi connectivity index (χ0v) is 15.0. The Hall–Kier alpha value is -3.55. The number of nitrogens with zero attached hydrogens (tertiary/aromatic N) is 4. The Morgan fingerprint density at radius 1 is 1.32 bits per heavy atom. The number of hydrogen-bond acceptors (Lipinski definition) is 5. The largest absolute Gasteiger partial charge is 0.334 e. The number of fused-ring (bicyclic) bond motifs is 1. The summed E-state index contributed by atoms with van der Waals surface area (Å²) in [7, 11) is 0. The van der Waals surface area contributed by atoms with Crippen LogP contribution in [0.3, 0.4) is 0 Å². The molecule has 28 heavy (non-hydrogen) atoms. The molecule has 1 saturated carbocycles. The second kappa shape index (κ2) is 6.26. The molecule has 0 bridgehead atoms. The number of aromatic nitrogens is 4. The number of halogens is 1. The third kappa shape index (κ3) is 2.83. The van der Waals surface area contributed by atoms with Crippen molar-refractivity contribution < 1.29 is 13.7 Å². The van der Waals surface area contributed by atoms with E-state index in [4.69, 9.17) is 4.52 Å². The van der Waals surface area contributed by atoms with Gasteiger partial charge in [0.05, 0.1) is 23.2 Å². The fraction of sp³-hybridized carbons (Fsp3) is 0.200. The first-order valence-corrected chi connectivity index (χ1v) is 8.92. The van der Waals surface area contributed by atoms with E-state index in [1.807, 2.05) is 37.3 Å². The second-order valence-corrected chi connectivity index (χ2v) is 6.89. The standard InChI is InChI=1S/C20H16FN5O2/c1-11-5-6-12(20-24-18(25-28-20)13-9-15(13)21)8-16(11)23-19(27)14-10-22-26-7-3-2-4-17(14)26/h2-8,10,13,15H,9H2,1H3,(H,23,27)/t13-,15-/m0/s1. The van der Waals surface area contributed by atoms with E-state index < -0.39 is 6.17 Å². The number of carbonyl (C=O) groups excluding carboxylic acids is 1. The molecule has 5 rings (SSSR count). The smallest absolute Gasteiger partial charge is 0.259 e. The van der Waals surface area contributed by atoms with E-state index in [9.17, 15) is 9.18 Å². The number of hydrogen-bond donors (Lipinski definition) is 1. The van der Waals surface area contributed by atoms with Crippen molar-refractivity contribution in [3.63, 3.8) is 0 Å². The van der Waals surface area contributed by atoms with Gasteiger partial charge in [-0.25, -0.2) is 8.91 Å². The van der Waals surface area contributed by atoms with Gasteiger partial charge in [0.1, 0.15) is 6.17 Å². The maximum absolute atomic E-state index is 13.2. The average Bonchev–Trinajstić information content (AvgIpc) is 3.12. The van der Waals surface area contributed by atoms with Gasteiger partial charge < -0.3 is 9.84 Å². The van der Waals surface area contributed by atoms with Crippen molar-refractivity contribution in [1.82, 2.24) is 19.8 Å². The molecule has 140 valence electrons. The minimum absolute atomic E-state index is 0.258. The molecule has 0 spiro atoms. The Kier molecular flexibility index (Phi) is 3.71. The molecule has 7 nitrogen and oxygen atoms in total. The molecule has 1 amide bonds. The molecule has 4 aromatic rings. The molecule has 1 fully saturated rings. The van der Waals surface area contributed by atoms with E-state index >= 15 is 0 Å². The highest BCUT2D eigenvalue weighted by Crippen LogP contribution is 2.42. The van der Waals surface area contributed by atoms with Crippen molar-refractivity contribution >= 4 is 17.1 Å². The lowest BCUT2D eigenvalue weighted by Crippen LogP contribution is -2.12. The molecule has 1 aromatic carbocycles. The van der Waals surface area contributed by atoms with Crippen molar-refractivity contribution in [3.05, 3.63) is 65.7 Å². The van der Waals surface area contributed by atoms with Crippen LogP contribution in [0.15, 0.2) is 53.3 Å². The van der Waals surface area contributed by atoms with Crippen molar-refractivity contribution in [2.24, 2.45) is 0 Å². The van der Waals surface area contributed by atoms with Crippen LogP contribution in [0.4, 0.5) is 10.1 Å². The molecular formula is C20H16FN5O2. The van der Waals surface area contributed by atoms with E-state index in [2.05, 4.69) is 20.6 Å². The van der Waals surface area contributed by atoms with Gasteiger partial charge in [0.2, 0.25) is 0 Å². The summed E-state index contributed by atoms with van der Waals surface area (Å²) in [6, 6.07) is 11.0. The summed E-state index contributed by atoms with van der Waals surface area (Å²) in [5.41, 5.74) is 3.39. The molecule has 8 heteroatoms. The van der Waals surface area contributed by atoms with Gasteiger partial charge in [0, 0.05) is 17.4 Å². The number of carbonyl (C=O) groups is 1. The predicted octanol–water partition coefficient (Wildman–Crippen LogP) is 3.77. The molecule has 0 aliphatic heterocycles. The first kappa shape index (κ1) is 16.6. The minimum Gasteiger partial charge on any atom is -0.334 e. The van der Waals surface area contributed by atoms with Crippen molar-refractivity contribution in [1.29, 1.82) is 0 Å². The van der Waals surface area contributed by atoms with E-state index in [1.54, 1.807) is 16.8 Å². The van der Waals surface area contributed by atoms with Gasteiger partial charge in [-0.2, -0.15) is 10.1 Å². The summed E-state index contributed by atoms with van der Waals surface area (Å²) in [6.45, 7) is 1.90. The summed E-state index contributed by atoms with van der Waals surface area (Å²) >= 11 is 0. The second-order valence-electron chi connectivity index (χ2n) is 6.89. The Morgan fingerprint density at radius 3 is 3.00 bits per heavy atom. The zero-order valence-electron chi connectivity index (χ0n) is 15.0. The van der Waals surface area contributed by atoms with Gasteiger partial charge in [-0.05, 0) is 43.2 Å². The number of benzene rings is 1. The number of aryl methyl sites for hydroxylation is 1. The first-order valence-electron chi connectivity index (χ1n) is 8.92. The zero-order chi connectivity index (χ0) is 19.3. The highest BCUT2D eigenvalue weighted by Gasteiger charge is 2.42. The number of pyridine rings is 1. The van der Waals surface area contributed by atoms with Crippen molar-refractivity contribution in [2.75, 3.05) is 5.32 Å². The van der Waals surface area contributed by atoms with E-state index in [1.165, 1.54) is 6.20 Å². The summed E-state index contributed by atoms with van der Waals surface area (Å²) in [6.07, 6.45) is 2.88. The van der Waals surface area contributed by atoms with E-state index in [-0.39, 0.29) is 11.8 Å². The third-order valence-electron chi connectivity index (χ3n) is 4.89. The Balaban J connectivity index is 1.43. The summed E-state index contributed by atoms with van der Waals surface area (Å²) in [5.74, 6) is 0.171. The number of amides is 1. The summed E-state index contributed by atoms with van der Waals surface area (Å²) in [4.78, 5) is 17.1. The van der Waals surface area contributed by atoms with Crippen molar-refractivity contribution in [2.45, 2.75) is 25.4 Å². The molecule has 1 aliphatic rings. The monoisotopic (exact) mass is 377 g/mol. The lowest BCUT2D eigenvalue weighted by molar-refractivity contribution is 0.102. The normalized spacial score (nSPS) is 18.4. The van der Waals surface area contributed by atoms with E-state index in [0.29, 0.717) is 35.0 Å². The van der Waals surface area contributed by atoms with Gasteiger partial charge >= 0.3 is 0 Å². The van der Waals surface area contributed by atoms with E-state index in [0.717, 1.165) is 11.1 Å². The number of alkyl halides is 1. The van der Waals surface area contributed by atoms with Crippen LogP contribution in [0.25, 0.3) is 17.0 Å². The van der Waals surface area contributed by atoms with Crippen LogP contribution in [0.5, 0.6) is 0 Å². The van der Waals surface area contributed by atoms with Crippen LogP contribution in [-0.4, -0.2) is 31.8 Å². The van der Waals surface area contributed by atoms with Crippen LogP contribution >= 0.6 is 0 Å². The van der Waals surface area contributed by atoms with Gasteiger partial charge in [0.25, 0.3) is 11.8 Å². The molecule has 3 heterocycles. The van der Waals surface area contributed by atoms with Gasteiger partial charge in [0.15, 0.2) is 5.82 Å².